The van der Waals surface area contributed by atoms with Crippen molar-refractivity contribution in [1.82, 2.24) is 5.32 Å². The SMILES string of the molecule is C[C@H]1Oc2ccccc2N(CC(=O)NCCSCc2ccsc2)C1=O. The van der Waals surface area contributed by atoms with E-state index >= 15 is 0 Å². The van der Waals surface area contributed by atoms with Gasteiger partial charge >= 0.3 is 0 Å². The van der Waals surface area contributed by atoms with Gasteiger partial charge in [-0.25, -0.2) is 0 Å². The van der Waals surface area contributed by atoms with E-state index in [1.54, 1.807) is 36.1 Å². The number of rotatable bonds is 7. The zero-order valence-corrected chi connectivity index (χ0v) is 15.6. The maximum Gasteiger partial charge on any atom is 0.268 e. The maximum absolute atomic E-state index is 12.3. The molecule has 0 saturated carbocycles. The van der Waals surface area contributed by atoms with E-state index in [9.17, 15) is 9.59 Å². The molecule has 0 fully saturated rings. The highest BCUT2D eigenvalue weighted by atomic mass is 32.2. The van der Waals surface area contributed by atoms with Crippen LogP contribution in [-0.2, 0) is 15.3 Å². The third-order valence-corrected chi connectivity index (χ3v) is 5.56. The molecule has 1 aliphatic heterocycles. The fourth-order valence-electron chi connectivity index (χ4n) is 2.55. The second kappa shape index (κ2) is 8.40. The van der Waals surface area contributed by atoms with Gasteiger partial charge in [0.1, 0.15) is 12.3 Å². The molecule has 1 aromatic heterocycles. The molecule has 1 aliphatic rings. The van der Waals surface area contributed by atoms with Crippen molar-refractivity contribution in [3.8, 4) is 5.75 Å². The van der Waals surface area contributed by atoms with Gasteiger partial charge in [-0.1, -0.05) is 12.1 Å². The highest BCUT2D eigenvalue weighted by Gasteiger charge is 2.32. The van der Waals surface area contributed by atoms with Gasteiger partial charge in [0.05, 0.1) is 5.69 Å². The van der Waals surface area contributed by atoms with Crippen LogP contribution in [0.5, 0.6) is 5.75 Å². The molecule has 1 atom stereocenters. The van der Waals surface area contributed by atoms with Gasteiger partial charge < -0.3 is 10.1 Å². The highest BCUT2D eigenvalue weighted by Crippen LogP contribution is 2.33. The number of benzene rings is 1. The van der Waals surface area contributed by atoms with Gasteiger partial charge in [-0.15, -0.1) is 0 Å². The number of nitrogens with zero attached hydrogens (tertiary/aromatic N) is 1. The van der Waals surface area contributed by atoms with Crippen LogP contribution < -0.4 is 15.0 Å². The lowest BCUT2D eigenvalue weighted by atomic mass is 10.2. The summed E-state index contributed by atoms with van der Waals surface area (Å²) in [4.78, 5) is 26.1. The van der Waals surface area contributed by atoms with E-state index in [4.69, 9.17) is 4.74 Å². The van der Waals surface area contributed by atoms with E-state index in [1.165, 1.54) is 10.5 Å². The predicted molar refractivity (Wildman–Crippen MR) is 102 cm³/mol. The number of anilines is 1. The summed E-state index contributed by atoms with van der Waals surface area (Å²) in [7, 11) is 0. The van der Waals surface area contributed by atoms with E-state index in [-0.39, 0.29) is 18.4 Å². The Morgan fingerprint density at radius 2 is 2.20 bits per heavy atom. The largest absolute Gasteiger partial charge is 0.479 e. The molecule has 0 spiro atoms. The lowest BCUT2D eigenvalue weighted by Gasteiger charge is -2.32. The number of thioether (sulfide) groups is 1. The van der Waals surface area contributed by atoms with E-state index in [1.807, 2.05) is 18.2 Å². The Morgan fingerprint density at radius 1 is 1.36 bits per heavy atom. The van der Waals surface area contributed by atoms with Crippen LogP contribution in [0, 0.1) is 0 Å². The van der Waals surface area contributed by atoms with E-state index in [0.717, 1.165) is 11.5 Å². The molecule has 0 radical (unpaired) electrons. The first kappa shape index (κ1) is 17.8. The third-order valence-electron chi connectivity index (χ3n) is 3.79. The van der Waals surface area contributed by atoms with Crippen LogP contribution in [-0.4, -0.2) is 36.8 Å². The number of nitrogens with one attached hydrogen (secondary N) is 1. The Bertz CT molecular complexity index is 734. The fraction of sp³-hybridized carbons (Fsp3) is 0.333. The van der Waals surface area contributed by atoms with Crippen LogP contribution in [0.3, 0.4) is 0 Å². The quantitative estimate of drug-likeness (QED) is 0.755. The van der Waals surface area contributed by atoms with Crippen LogP contribution in [0.1, 0.15) is 12.5 Å². The summed E-state index contributed by atoms with van der Waals surface area (Å²) in [6.45, 7) is 2.30. The van der Waals surface area contributed by atoms with Crippen molar-refractivity contribution >= 4 is 40.6 Å². The van der Waals surface area contributed by atoms with Crippen LogP contribution in [0.4, 0.5) is 5.69 Å². The van der Waals surface area contributed by atoms with E-state index in [0.29, 0.717) is 18.0 Å². The number of para-hydroxylation sites is 2. The number of hydrogen-bond donors (Lipinski definition) is 1. The minimum atomic E-state index is -0.580. The molecule has 25 heavy (non-hydrogen) atoms. The fourth-order valence-corrected chi connectivity index (χ4v) is 4.13. The molecule has 5 nitrogen and oxygen atoms in total. The Balaban J connectivity index is 1.48. The van der Waals surface area contributed by atoms with Crippen LogP contribution >= 0.6 is 23.1 Å². The zero-order chi connectivity index (χ0) is 17.6. The molecule has 2 aromatic rings. The van der Waals surface area contributed by atoms with Crippen molar-refractivity contribution in [2.75, 3.05) is 23.7 Å². The summed E-state index contributed by atoms with van der Waals surface area (Å²) in [5.41, 5.74) is 1.96. The maximum atomic E-state index is 12.3. The number of carbonyl (C=O) groups excluding carboxylic acids is 2. The Kier molecular flexibility index (Phi) is 5.99. The molecule has 1 aromatic carbocycles. The van der Waals surface area contributed by atoms with E-state index < -0.39 is 6.10 Å². The second-order valence-electron chi connectivity index (χ2n) is 5.69. The minimum Gasteiger partial charge on any atom is -0.479 e. The first-order valence-corrected chi connectivity index (χ1v) is 10.2. The number of fused-ring (bicyclic) bond motifs is 1. The molecule has 0 unspecified atom stereocenters. The van der Waals surface area contributed by atoms with Gasteiger partial charge in [0.15, 0.2) is 6.10 Å². The summed E-state index contributed by atoms with van der Waals surface area (Å²) in [5, 5.41) is 7.08. The average Bonchev–Trinajstić information content (AvgIpc) is 3.12. The number of amides is 2. The number of thiophene rings is 1. The third kappa shape index (κ3) is 4.55. The first-order valence-electron chi connectivity index (χ1n) is 8.07. The van der Waals surface area contributed by atoms with Crippen molar-refractivity contribution in [3.63, 3.8) is 0 Å². The Morgan fingerprint density at radius 3 is 3.00 bits per heavy atom. The second-order valence-corrected chi connectivity index (χ2v) is 7.57. The molecule has 3 rings (SSSR count). The summed E-state index contributed by atoms with van der Waals surface area (Å²) in [6, 6.07) is 9.40. The normalized spacial score (nSPS) is 16.3. The predicted octanol–water partition coefficient (Wildman–Crippen LogP) is 2.91. The molecular weight excluding hydrogens is 356 g/mol. The molecule has 2 heterocycles. The molecule has 132 valence electrons. The van der Waals surface area contributed by atoms with Crippen LogP contribution in [0.15, 0.2) is 41.1 Å². The molecule has 0 bridgehead atoms. The van der Waals surface area contributed by atoms with Gasteiger partial charge in [-0.2, -0.15) is 23.1 Å². The standard InChI is InChI=1S/C18H20N2O3S2/c1-13-18(22)20(15-4-2-3-5-16(15)23-13)10-17(21)19-7-9-25-12-14-6-8-24-11-14/h2-6,8,11,13H,7,9-10,12H2,1H3,(H,19,21)/t13-/m1/s1. The van der Waals surface area contributed by atoms with E-state index in [2.05, 4.69) is 22.1 Å². The number of hydrogen-bond acceptors (Lipinski definition) is 5. The minimum absolute atomic E-state index is 0.0126. The molecule has 7 heteroatoms. The first-order chi connectivity index (χ1) is 12.1. The average molecular weight is 377 g/mol. The van der Waals surface area contributed by atoms with Gasteiger partial charge in [-0.3, -0.25) is 14.5 Å². The van der Waals surface area contributed by atoms with Crippen molar-refractivity contribution in [2.24, 2.45) is 0 Å². The van der Waals surface area contributed by atoms with Gasteiger partial charge in [-0.05, 0) is 41.4 Å². The van der Waals surface area contributed by atoms with Crippen molar-refractivity contribution < 1.29 is 14.3 Å². The van der Waals surface area contributed by atoms with Crippen LogP contribution in [0.25, 0.3) is 0 Å². The van der Waals surface area contributed by atoms with Gasteiger partial charge in [0.2, 0.25) is 5.91 Å². The molecular formula is C18H20N2O3S2. The summed E-state index contributed by atoms with van der Waals surface area (Å²) in [6.07, 6.45) is -0.580. The molecule has 1 N–H and O–H groups in total. The Hall–Kier alpha value is -1.99. The summed E-state index contributed by atoms with van der Waals surface area (Å²) in [5.74, 6) is 2.07. The topological polar surface area (TPSA) is 58.6 Å². The van der Waals surface area contributed by atoms with Crippen LogP contribution in [0.2, 0.25) is 0 Å². The van der Waals surface area contributed by atoms with Gasteiger partial charge in [0.25, 0.3) is 5.91 Å². The number of ether oxygens (including phenoxy) is 1. The molecule has 0 saturated heterocycles. The van der Waals surface area contributed by atoms with Crippen molar-refractivity contribution in [1.29, 1.82) is 0 Å². The smallest absolute Gasteiger partial charge is 0.268 e. The summed E-state index contributed by atoms with van der Waals surface area (Å²) >= 11 is 3.47. The monoisotopic (exact) mass is 376 g/mol. The highest BCUT2D eigenvalue weighted by molar-refractivity contribution is 7.98. The van der Waals surface area contributed by atoms with Crippen molar-refractivity contribution in [2.45, 2.75) is 18.8 Å². The van der Waals surface area contributed by atoms with Gasteiger partial charge in [0, 0.05) is 18.1 Å². The lowest BCUT2D eigenvalue weighted by molar-refractivity contribution is -0.128. The van der Waals surface area contributed by atoms with Crippen molar-refractivity contribution in [3.05, 3.63) is 46.7 Å². The molecule has 2 amide bonds. The summed E-state index contributed by atoms with van der Waals surface area (Å²) < 4.78 is 5.58. The zero-order valence-electron chi connectivity index (χ0n) is 13.9. The lowest BCUT2D eigenvalue weighted by Crippen LogP contribution is -2.49. The Labute approximate surface area is 155 Å². The number of carbonyl (C=O) groups is 2. The molecule has 0 aliphatic carbocycles.